The van der Waals surface area contributed by atoms with Crippen LogP contribution in [0.25, 0.3) is 10.9 Å². The van der Waals surface area contributed by atoms with Crippen LogP contribution in [-0.4, -0.2) is 35.9 Å². The van der Waals surface area contributed by atoms with E-state index in [1.54, 1.807) is 12.3 Å². The van der Waals surface area contributed by atoms with Crippen LogP contribution >= 0.6 is 0 Å². The first-order chi connectivity index (χ1) is 9.31. The molecule has 19 heavy (non-hydrogen) atoms. The molecule has 0 spiro atoms. The zero-order valence-corrected chi connectivity index (χ0v) is 11.1. The fraction of sp³-hybridized carbons (Fsp3) is 0.429. The van der Waals surface area contributed by atoms with Gasteiger partial charge in [0.1, 0.15) is 0 Å². The van der Waals surface area contributed by atoms with Gasteiger partial charge in [-0.15, -0.1) is 0 Å². The number of benzene rings is 1. The Morgan fingerprint density at radius 1 is 1.42 bits per heavy atom. The normalized spacial score (nSPS) is 10.8. The lowest BCUT2D eigenvalue weighted by Gasteiger charge is -2.05. The number of H-pyrrole nitrogens is 1. The molecule has 0 aliphatic heterocycles. The number of nitrogens with zero attached hydrogens (tertiary/aromatic N) is 1. The van der Waals surface area contributed by atoms with E-state index in [1.807, 2.05) is 12.1 Å². The van der Waals surface area contributed by atoms with Crippen molar-refractivity contribution in [3.05, 3.63) is 30.0 Å². The molecule has 5 heteroatoms. The SMILES string of the molecule is CCCOCCCNC(=O)c1ccc2cn[nH]c2c1. The molecule has 0 unspecified atom stereocenters. The minimum Gasteiger partial charge on any atom is -0.381 e. The summed E-state index contributed by atoms with van der Waals surface area (Å²) in [7, 11) is 0. The van der Waals surface area contributed by atoms with E-state index in [0.29, 0.717) is 18.7 Å². The van der Waals surface area contributed by atoms with Crippen LogP contribution in [0.2, 0.25) is 0 Å². The molecule has 102 valence electrons. The summed E-state index contributed by atoms with van der Waals surface area (Å²) in [6.45, 7) is 4.18. The minimum absolute atomic E-state index is 0.0630. The van der Waals surface area contributed by atoms with Crippen LogP contribution in [-0.2, 0) is 4.74 Å². The number of carbonyl (C=O) groups excluding carboxylic acids is 1. The average molecular weight is 261 g/mol. The predicted molar refractivity (Wildman–Crippen MR) is 74.2 cm³/mol. The van der Waals surface area contributed by atoms with Crippen LogP contribution in [0.5, 0.6) is 0 Å². The lowest BCUT2D eigenvalue weighted by molar-refractivity contribution is 0.0941. The van der Waals surface area contributed by atoms with Gasteiger partial charge in [0.15, 0.2) is 0 Å². The molecule has 2 aromatic rings. The summed E-state index contributed by atoms with van der Waals surface area (Å²) in [5.74, 6) is -0.0630. The summed E-state index contributed by atoms with van der Waals surface area (Å²) < 4.78 is 5.35. The van der Waals surface area contributed by atoms with E-state index < -0.39 is 0 Å². The van der Waals surface area contributed by atoms with Gasteiger partial charge in [-0.1, -0.05) is 13.0 Å². The average Bonchev–Trinajstić information content (AvgIpc) is 2.89. The van der Waals surface area contributed by atoms with E-state index in [0.717, 1.165) is 30.4 Å². The number of aromatic amines is 1. The van der Waals surface area contributed by atoms with Crippen molar-refractivity contribution in [3.63, 3.8) is 0 Å². The number of aromatic nitrogens is 2. The van der Waals surface area contributed by atoms with Crippen molar-refractivity contribution in [1.82, 2.24) is 15.5 Å². The summed E-state index contributed by atoms with van der Waals surface area (Å²) in [6, 6.07) is 5.50. The van der Waals surface area contributed by atoms with Gasteiger partial charge in [0, 0.05) is 30.7 Å². The molecule has 2 rings (SSSR count). The summed E-state index contributed by atoms with van der Waals surface area (Å²) in [5, 5.41) is 10.7. The second-order valence-corrected chi connectivity index (χ2v) is 4.39. The summed E-state index contributed by atoms with van der Waals surface area (Å²) >= 11 is 0. The lowest BCUT2D eigenvalue weighted by Crippen LogP contribution is -2.25. The van der Waals surface area contributed by atoms with Crippen LogP contribution in [0.15, 0.2) is 24.4 Å². The highest BCUT2D eigenvalue weighted by Gasteiger charge is 2.06. The summed E-state index contributed by atoms with van der Waals surface area (Å²) in [6.07, 6.45) is 3.59. The molecule has 0 saturated carbocycles. The second-order valence-electron chi connectivity index (χ2n) is 4.39. The second kappa shape index (κ2) is 6.89. The standard InChI is InChI=1S/C14H19N3O2/c1-2-7-19-8-3-6-15-14(18)11-4-5-12-10-16-17-13(12)9-11/h4-5,9-10H,2-3,6-8H2,1H3,(H,15,18)(H,16,17). The van der Waals surface area contributed by atoms with E-state index in [9.17, 15) is 4.79 Å². The quantitative estimate of drug-likeness (QED) is 0.750. The summed E-state index contributed by atoms with van der Waals surface area (Å²) in [4.78, 5) is 11.9. The number of amides is 1. The Morgan fingerprint density at radius 3 is 3.16 bits per heavy atom. The highest BCUT2D eigenvalue weighted by molar-refractivity contribution is 5.97. The Labute approximate surface area is 112 Å². The Hall–Kier alpha value is -1.88. The van der Waals surface area contributed by atoms with E-state index >= 15 is 0 Å². The first-order valence-corrected chi connectivity index (χ1v) is 6.60. The van der Waals surface area contributed by atoms with Gasteiger partial charge < -0.3 is 10.1 Å². The fourth-order valence-electron chi connectivity index (χ4n) is 1.80. The molecule has 0 atom stereocenters. The summed E-state index contributed by atoms with van der Waals surface area (Å²) in [5.41, 5.74) is 1.52. The zero-order chi connectivity index (χ0) is 13.5. The number of fused-ring (bicyclic) bond motifs is 1. The van der Waals surface area contributed by atoms with Crippen molar-refractivity contribution < 1.29 is 9.53 Å². The zero-order valence-electron chi connectivity index (χ0n) is 11.1. The lowest BCUT2D eigenvalue weighted by atomic mass is 10.1. The molecule has 1 aromatic carbocycles. The Balaban J connectivity index is 1.79. The molecule has 5 nitrogen and oxygen atoms in total. The number of carbonyl (C=O) groups is 1. The number of hydrogen-bond donors (Lipinski definition) is 2. The third kappa shape index (κ3) is 3.79. The molecule has 1 aromatic heterocycles. The van der Waals surface area contributed by atoms with Crippen molar-refractivity contribution in [2.24, 2.45) is 0 Å². The monoisotopic (exact) mass is 261 g/mol. The maximum Gasteiger partial charge on any atom is 0.251 e. The molecular weight excluding hydrogens is 242 g/mol. The van der Waals surface area contributed by atoms with Gasteiger partial charge in [-0.2, -0.15) is 5.10 Å². The van der Waals surface area contributed by atoms with Crippen LogP contribution in [0.3, 0.4) is 0 Å². The van der Waals surface area contributed by atoms with E-state index in [1.165, 1.54) is 0 Å². The molecule has 0 fully saturated rings. The van der Waals surface area contributed by atoms with E-state index in [4.69, 9.17) is 4.74 Å². The predicted octanol–water partition coefficient (Wildman–Crippen LogP) is 2.11. The van der Waals surface area contributed by atoms with Gasteiger partial charge in [-0.3, -0.25) is 9.89 Å². The van der Waals surface area contributed by atoms with Gasteiger partial charge in [0.05, 0.1) is 11.7 Å². The molecule has 0 aliphatic carbocycles. The van der Waals surface area contributed by atoms with Gasteiger partial charge in [-0.05, 0) is 25.0 Å². The maximum atomic E-state index is 11.9. The largest absolute Gasteiger partial charge is 0.381 e. The number of rotatable bonds is 7. The molecule has 2 N–H and O–H groups in total. The Kier molecular flexibility index (Phi) is 4.92. The van der Waals surface area contributed by atoms with Gasteiger partial charge in [-0.25, -0.2) is 0 Å². The van der Waals surface area contributed by atoms with Crippen molar-refractivity contribution in [2.75, 3.05) is 19.8 Å². The Morgan fingerprint density at radius 2 is 2.32 bits per heavy atom. The van der Waals surface area contributed by atoms with Crippen LogP contribution in [0, 0.1) is 0 Å². The van der Waals surface area contributed by atoms with E-state index in [2.05, 4.69) is 22.4 Å². The molecule has 0 radical (unpaired) electrons. The molecule has 0 aliphatic rings. The van der Waals surface area contributed by atoms with Gasteiger partial charge in [0.2, 0.25) is 0 Å². The topological polar surface area (TPSA) is 67.0 Å². The minimum atomic E-state index is -0.0630. The van der Waals surface area contributed by atoms with Crippen LogP contribution in [0.4, 0.5) is 0 Å². The van der Waals surface area contributed by atoms with E-state index in [-0.39, 0.29) is 5.91 Å². The molecule has 1 amide bonds. The fourth-order valence-corrected chi connectivity index (χ4v) is 1.80. The van der Waals surface area contributed by atoms with Crippen molar-refractivity contribution in [1.29, 1.82) is 0 Å². The highest BCUT2D eigenvalue weighted by atomic mass is 16.5. The number of nitrogens with one attached hydrogen (secondary N) is 2. The van der Waals surface area contributed by atoms with Crippen molar-refractivity contribution in [3.8, 4) is 0 Å². The first-order valence-electron chi connectivity index (χ1n) is 6.60. The Bertz CT molecular complexity index is 536. The third-order valence-corrected chi connectivity index (χ3v) is 2.80. The molecule has 0 saturated heterocycles. The highest BCUT2D eigenvalue weighted by Crippen LogP contribution is 2.12. The van der Waals surface area contributed by atoms with Gasteiger partial charge in [0.25, 0.3) is 5.91 Å². The number of hydrogen-bond acceptors (Lipinski definition) is 3. The smallest absolute Gasteiger partial charge is 0.251 e. The van der Waals surface area contributed by atoms with Crippen molar-refractivity contribution >= 4 is 16.8 Å². The molecule has 0 bridgehead atoms. The first kappa shape index (κ1) is 13.5. The maximum absolute atomic E-state index is 11.9. The third-order valence-electron chi connectivity index (χ3n) is 2.80. The van der Waals surface area contributed by atoms with Crippen LogP contribution < -0.4 is 5.32 Å². The number of ether oxygens (including phenoxy) is 1. The van der Waals surface area contributed by atoms with Crippen LogP contribution in [0.1, 0.15) is 30.1 Å². The van der Waals surface area contributed by atoms with Crippen molar-refractivity contribution in [2.45, 2.75) is 19.8 Å². The molecule has 1 heterocycles. The molecular formula is C14H19N3O2. The van der Waals surface area contributed by atoms with Gasteiger partial charge >= 0.3 is 0 Å².